The Morgan fingerprint density at radius 1 is 1.21 bits per heavy atom. The first-order valence-electron chi connectivity index (χ1n) is 7.52. The minimum absolute atomic E-state index is 0.0212. The van der Waals surface area contributed by atoms with Gasteiger partial charge in [-0.2, -0.15) is 9.49 Å². The van der Waals surface area contributed by atoms with E-state index in [1.165, 1.54) is 6.20 Å². The Bertz CT molecular complexity index is 1070. The average Bonchev–Trinajstić information content (AvgIpc) is 3.17. The number of pyridine rings is 1. The highest BCUT2D eigenvalue weighted by Crippen LogP contribution is 2.40. The first kappa shape index (κ1) is 14.6. The molecule has 0 saturated carbocycles. The number of benzene rings is 1. The van der Waals surface area contributed by atoms with Crippen molar-refractivity contribution in [1.29, 1.82) is 0 Å². The zero-order valence-corrected chi connectivity index (χ0v) is 13.1. The second-order valence-corrected chi connectivity index (χ2v) is 5.49. The second-order valence-electron chi connectivity index (χ2n) is 5.49. The number of hydrogen-bond acceptors (Lipinski definition) is 3. The molecule has 0 bridgehead atoms. The molecule has 0 radical (unpaired) electrons. The molecule has 4 rings (SSSR count). The Kier molecular flexibility index (Phi) is 3.23. The van der Waals surface area contributed by atoms with Gasteiger partial charge < -0.3 is 9.14 Å². The third-order valence-electron chi connectivity index (χ3n) is 3.90. The molecule has 1 N–H and O–H groups in total. The van der Waals surface area contributed by atoms with Crippen molar-refractivity contribution in [3.63, 3.8) is 0 Å². The molecule has 3 heterocycles. The molecule has 0 atom stereocenters. The zero-order chi connectivity index (χ0) is 16.8. The first-order chi connectivity index (χ1) is 11.6. The van der Waals surface area contributed by atoms with Crippen LogP contribution in [0.1, 0.15) is 12.6 Å². The number of aromatic nitrogens is 4. The molecule has 3 aromatic heterocycles. The number of nitrogens with zero attached hydrogens (tertiary/aromatic N) is 3. The molecule has 0 spiro atoms. The van der Waals surface area contributed by atoms with Crippen LogP contribution in [0.2, 0.25) is 0 Å². The van der Waals surface area contributed by atoms with Crippen LogP contribution in [0, 0.1) is 18.6 Å². The number of nitrogens with one attached hydrogen (secondary N) is 1. The number of halogens is 2. The normalized spacial score (nSPS) is 11.5. The molecule has 0 amide bonds. The van der Waals surface area contributed by atoms with Gasteiger partial charge in [-0.3, -0.25) is 5.10 Å². The van der Waals surface area contributed by atoms with Crippen LogP contribution in [0.3, 0.4) is 0 Å². The van der Waals surface area contributed by atoms with Gasteiger partial charge in [0.05, 0.1) is 18.5 Å². The molecule has 0 saturated heterocycles. The third-order valence-corrected chi connectivity index (χ3v) is 3.90. The Hall–Kier alpha value is -2.96. The van der Waals surface area contributed by atoms with E-state index < -0.39 is 11.6 Å². The molecule has 5 nitrogen and oxygen atoms in total. The first-order valence-corrected chi connectivity index (χ1v) is 7.52. The van der Waals surface area contributed by atoms with Crippen molar-refractivity contribution in [2.75, 3.05) is 6.61 Å². The van der Waals surface area contributed by atoms with E-state index in [9.17, 15) is 8.78 Å². The number of H-pyrrole nitrogens is 1. The maximum absolute atomic E-state index is 14.5. The van der Waals surface area contributed by atoms with E-state index >= 15 is 0 Å². The van der Waals surface area contributed by atoms with E-state index in [1.54, 1.807) is 6.92 Å². The monoisotopic (exact) mass is 328 g/mol. The minimum atomic E-state index is -1.02. The Morgan fingerprint density at radius 3 is 2.83 bits per heavy atom. The molecule has 0 aliphatic heterocycles. The maximum Gasteiger partial charge on any atom is 0.203 e. The molecule has 122 valence electrons. The summed E-state index contributed by atoms with van der Waals surface area (Å²) >= 11 is 0. The Balaban J connectivity index is 2.07. The number of rotatable bonds is 3. The van der Waals surface area contributed by atoms with Crippen LogP contribution < -0.4 is 4.74 Å². The molecular weight excluding hydrogens is 314 g/mol. The van der Waals surface area contributed by atoms with E-state index in [2.05, 4.69) is 15.2 Å². The van der Waals surface area contributed by atoms with Gasteiger partial charge in [-0.05, 0) is 26.0 Å². The van der Waals surface area contributed by atoms with Crippen molar-refractivity contribution < 1.29 is 13.5 Å². The summed E-state index contributed by atoms with van der Waals surface area (Å²) in [5.41, 5.74) is 2.82. The molecule has 24 heavy (non-hydrogen) atoms. The number of ether oxygens (including phenoxy) is 1. The van der Waals surface area contributed by atoms with Gasteiger partial charge in [0.15, 0.2) is 11.6 Å². The summed E-state index contributed by atoms with van der Waals surface area (Å²) < 4.78 is 36.0. The highest BCUT2D eigenvalue weighted by atomic mass is 19.2. The predicted molar refractivity (Wildman–Crippen MR) is 86.1 cm³/mol. The molecule has 0 fully saturated rings. The fourth-order valence-corrected chi connectivity index (χ4v) is 2.92. The Morgan fingerprint density at radius 2 is 2.04 bits per heavy atom. The molecule has 0 aliphatic rings. The molecule has 4 aromatic rings. The lowest BCUT2D eigenvalue weighted by molar-refractivity contribution is 0.317. The van der Waals surface area contributed by atoms with Gasteiger partial charge in [-0.25, -0.2) is 9.37 Å². The van der Waals surface area contributed by atoms with E-state index in [4.69, 9.17) is 4.74 Å². The van der Waals surface area contributed by atoms with Crippen LogP contribution in [-0.4, -0.2) is 26.2 Å². The molecular formula is C17H14F2N4O. The van der Waals surface area contributed by atoms with Gasteiger partial charge in [-0.1, -0.05) is 0 Å². The largest absolute Gasteiger partial charge is 0.490 e. The second kappa shape index (κ2) is 5.30. The van der Waals surface area contributed by atoms with Crippen LogP contribution in [0.4, 0.5) is 8.78 Å². The fraction of sp³-hybridized carbons (Fsp3) is 0.176. The van der Waals surface area contributed by atoms with E-state index in [0.717, 1.165) is 11.3 Å². The summed E-state index contributed by atoms with van der Waals surface area (Å²) in [6.45, 7) is 3.84. The third kappa shape index (κ3) is 2.05. The number of imidazole rings is 1. The van der Waals surface area contributed by atoms with Crippen LogP contribution >= 0.6 is 0 Å². The smallest absolute Gasteiger partial charge is 0.203 e. The van der Waals surface area contributed by atoms with E-state index in [0.29, 0.717) is 16.5 Å². The minimum Gasteiger partial charge on any atom is -0.490 e. The fourth-order valence-electron chi connectivity index (χ4n) is 2.92. The Labute approximate surface area is 135 Å². The van der Waals surface area contributed by atoms with Crippen molar-refractivity contribution in [2.45, 2.75) is 13.8 Å². The summed E-state index contributed by atoms with van der Waals surface area (Å²) in [6, 6.07) is 3.63. The predicted octanol–water partition coefficient (Wildman–Crippen LogP) is 3.86. The van der Waals surface area contributed by atoms with E-state index in [-0.39, 0.29) is 17.9 Å². The summed E-state index contributed by atoms with van der Waals surface area (Å²) in [5.74, 6) is -2.13. The number of hydrogen-bond donors (Lipinski definition) is 1. The van der Waals surface area contributed by atoms with Crippen LogP contribution in [-0.2, 0) is 0 Å². The molecule has 0 aliphatic carbocycles. The van der Waals surface area contributed by atoms with Crippen molar-refractivity contribution in [1.82, 2.24) is 19.6 Å². The molecule has 7 heteroatoms. The highest BCUT2D eigenvalue weighted by Gasteiger charge is 2.23. The lowest BCUT2D eigenvalue weighted by Crippen LogP contribution is -2.01. The van der Waals surface area contributed by atoms with Crippen LogP contribution in [0.5, 0.6) is 5.75 Å². The lowest BCUT2D eigenvalue weighted by atomic mass is 10.0. The van der Waals surface area contributed by atoms with Crippen molar-refractivity contribution in [3.05, 3.63) is 48.1 Å². The van der Waals surface area contributed by atoms with Crippen LogP contribution in [0.25, 0.3) is 27.7 Å². The van der Waals surface area contributed by atoms with E-state index in [1.807, 2.05) is 35.9 Å². The van der Waals surface area contributed by atoms with Gasteiger partial charge in [0.2, 0.25) is 5.82 Å². The number of aromatic amines is 1. The van der Waals surface area contributed by atoms with Gasteiger partial charge in [0.1, 0.15) is 11.2 Å². The highest BCUT2D eigenvalue weighted by molar-refractivity contribution is 5.98. The number of aryl methyl sites for hydroxylation is 1. The van der Waals surface area contributed by atoms with Crippen molar-refractivity contribution >= 4 is 16.6 Å². The topological polar surface area (TPSA) is 55.2 Å². The van der Waals surface area contributed by atoms with Crippen molar-refractivity contribution in [3.8, 4) is 16.9 Å². The number of fused-ring (bicyclic) bond motifs is 2. The van der Waals surface area contributed by atoms with Gasteiger partial charge in [0.25, 0.3) is 0 Å². The summed E-state index contributed by atoms with van der Waals surface area (Å²) in [6.07, 6.45) is 5.15. The molecule has 1 aromatic carbocycles. The zero-order valence-electron chi connectivity index (χ0n) is 13.1. The van der Waals surface area contributed by atoms with Gasteiger partial charge >= 0.3 is 0 Å². The summed E-state index contributed by atoms with van der Waals surface area (Å²) in [5, 5.41) is 6.83. The van der Waals surface area contributed by atoms with Gasteiger partial charge in [0, 0.05) is 28.9 Å². The van der Waals surface area contributed by atoms with Crippen LogP contribution in [0.15, 0.2) is 30.7 Å². The average molecular weight is 328 g/mol. The van der Waals surface area contributed by atoms with Crippen molar-refractivity contribution in [2.24, 2.45) is 0 Å². The standard InChI is InChI=1S/C17H14F2N4O/c1-3-24-17-13(11-6-20-22-16(11)14(18)15(17)19)10-4-5-12-21-9(2)7-23(12)8-10/h4-8H,3H2,1-2H3,(H,20,22). The SMILES string of the molecule is CCOc1c(F)c(F)c2[nH]ncc2c1-c1ccc2nc(C)cn2c1. The molecule has 0 unspecified atom stereocenters. The summed E-state index contributed by atoms with van der Waals surface area (Å²) in [4.78, 5) is 4.37. The quantitative estimate of drug-likeness (QED) is 0.621. The summed E-state index contributed by atoms with van der Waals surface area (Å²) in [7, 11) is 0. The lowest BCUT2D eigenvalue weighted by Gasteiger charge is -2.14. The van der Waals surface area contributed by atoms with Gasteiger partial charge in [-0.15, -0.1) is 0 Å². The maximum atomic E-state index is 14.5.